The summed E-state index contributed by atoms with van der Waals surface area (Å²) in [5.41, 5.74) is 0. The summed E-state index contributed by atoms with van der Waals surface area (Å²) < 4.78 is 0. The zero-order chi connectivity index (χ0) is 20.5. The molecular weight excluding hydrogens is 342 g/mol. The summed E-state index contributed by atoms with van der Waals surface area (Å²) in [5, 5.41) is 3.00. The topological polar surface area (TPSA) is 29.1 Å². The molecule has 2 heteroatoms. The van der Waals surface area contributed by atoms with E-state index in [2.05, 4.69) is 19.2 Å². The first-order valence-electron chi connectivity index (χ1n) is 13.1. The first-order valence-corrected chi connectivity index (χ1v) is 13.1. The molecule has 28 heavy (non-hydrogen) atoms. The maximum atomic E-state index is 11.6. The van der Waals surface area contributed by atoms with Gasteiger partial charge in [0.05, 0.1) is 0 Å². The van der Waals surface area contributed by atoms with Crippen LogP contribution in [-0.2, 0) is 4.79 Å². The SMILES string of the molecule is CCCCCCCCCCCCCCCCCCCCCC(=O)NCCCC. The summed E-state index contributed by atoms with van der Waals surface area (Å²) in [6, 6.07) is 0. The van der Waals surface area contributed by atoms with Gasteiger partial charge in [-0.25, -0.2) is 0 Å². The van der Waals surface area contributed by atoms with Gasteiger partial charge in [0.1, 0.15) is 0 Å². The van der Waals surface area contributed by atoms with Gasteiger partial charge in [0.2, 0.25) is 5.91 Å². The zero-order valence-electron chi connectivity index (χ0n) is 19.7. The lowest BCUT2D eigenvalue weighted by atomic mass is 10.0. The molecule has 0 fully saturated rings. The van der Waals surface area contributed by atoms with Gasteiger partial charge in [-0.15, -0.1) is 0 Å². The number of amides is 1. The van der Waals surface area contributed by atoms with Crippen molar-refractivity contribution in [1.29, 1.82) is 0 Å². The monoisotopic (exact) mass is 395 g/mol. The van der Waals surface area contributed by atoms with Gasteiger partial charge in [-0.05, 0) is 12.8 Å². The summed E-state index contributed by atoms with van der Waals surface area (Å²) in [6.07, 6.45) is 29.5. The lowest BCUT2D eigenvalue weighted by Crippen LogP contribution is -2.23. The Morgan fingerprint density at radius 3 is 1.14 bits per heavy atom. The number of carbonyl (C=O) groups is 1. The quantitative estimate of drug-likeness (QED) is 0.172. The van der Waals surface area contributed by atoms with Crippen LogP contribution in [0.25, 0.3) is 0 Å². The molecule has 0 unspecified atom stereocenters. The van der Waals surface area contributed by atoms with Crippen molar-refractivity contribution in [3.63, 3.8) is 0 Å². The number of hydrogen-bond donors (Lipinski definition) is 1. The maximum absolute atomic E-state index is 11.6. The highest BCUT2D eigenvalue weighted by Crippen LogP contribution is 2.14. The van der Waals surface area contributed by atoms with E-state index in [4.69, 9.17) is 0 Å². The minimum atomic E-state index is 0.250. The van der Waals surface area contributed by atoms with Crippen molar-refractivity contribution in [3.05, 3.63) is 0 Å². The first-order chi connectivity index (χ1) is 13.8. The van der Waals surface area contributed by atoms with Gasteiger partial charge in [-0.2, -0.15) is 0 Å². The van der Waals surface area contributed by atoms with E-state index in [-0.39, 0.29) is 5.91 Å². The van der Waals surface area contributed by atoms with E-state index in [1.807, 2.05) is 0 Å². The molecule has 0 spiro atoms. The molecule has 0 rings (SSSR count). The average molecular weight is 396 g/mol. The number of hydrogen-bond acceptors (Lipinski definition) is 1. The predicted octanol–water partition coefficient (Wildman–Crippen LogP) is 8.72. The first kappa shape index (κ1) is 27.5. The zero-order valence-corrected chi connectivity index (χ0v) is 19.7. The molecule has 0 aliphatic carbocycles. The number of nitrogens with one attached hydrogen (secondary N) is 1. The Morgan fingerprint density at radius 2 is 0.786 bits per heavy atom. The highest BCUT2D eigenvalue weighted by atomic mass is 16.1. The third-order valence-corrected chi connectivity index (χ3v) is 5.86. The summed E-state index contributed by atoms with van der Waals surface area (Å²) >= 11 is 0. The lowest BCUT2D eigenvalue weighted by Gasteiger charge is -2.05. The minimum Gasteiger partial charge on any atom is -0.356 e. The van der Waals surface area contributed by atoms with E-state index in [9.17, 15) is 4.79 Å². The second-order valence-electron chi connectivity index (χ2n) is 8.82. The van der Waals surface area contributed by atoms with Crippen LogP contribution in [0.3, 0.4) is 0 Å². The fourth-order valence-corrected chi connectivity index (χ4v) is 3.86. The molecule has 0 radical (unpaired) electrons. The second kappa shape index (κ2) is 24.5. The number of rotatable bonds is 23. The van der Waals surface area contributed by atoms with Gasteiger partial charge in [0, 0.05) is 13.0 Å². The van der Waals surface area contributed by atoms with E-state index in [1.165, 1.54) is 116 Å². The number of unbranched alkanes of at least 4 members (excludes halogenated alkanes) is 19. The van der Waals surface area contributed by atoms with Gasteiger partial charge in [-0.3, -0.25) is 4.79 Å². The van der Waals surface area contributed by atoms with Gasteiger partial charge < -0.3 is 5.32 Å². The third-order valence-electron chi connectivity index (χ3n) is 5.86. The minimum absolute atomic E-state index is 0.250. The van der Waals surface area contributed by atoms with Crippen molar-refractivity contribution in [2.24, 2.45) is 0 Å². The predicted molar refractivity (Wildman–Crippen MR) is 126 cm³/mol. The van der Waals surface area contributed by atoms with Crippen LogP contribution >= 0.6 is 0 Å². The van der Waals surface area contributed by atoms with E-state index in [1.54, 1.807) is 0 Å². The van der Waals surface area contributed by atoms with Crippen molar-refractivity contribution in [2.75, 3.05) is 6.54 Å². The molecule has 0 saturated carbocycles. The number of carbonyl (C=O) groups excluding carboxylic acids is 1. The van der Waals surface area contributed by atoms with Crippen LogP contribution in [0.15, 0.2) is 0 Å². The average Bonchev–Trinajstić information content (AvgIpc) is 2.70. The summed E-state index contributed by atoms with van der Waals surface area (Å²) in [5.74, 6) is 0.250. The van der Waals surface area contributed by atoms with E-state index >= 15 is 0 Å². The Hall–Kier alpha value is -0.530. The van der Waals surface area contributed by atoms with E-state index in [0.717, 1.165) is 32.2 Å². The molecule has 0 atom stereocenters. The Morgan fingerprint density at radius 1 is 0.464 bits per heavy atom. The van der Waals surface area contributed by atoms with Crippen LogP contribution in [0, 0.1) is 0 Å². The van der Waals surface area contributed by atoms with E-state index in [0.29, 0.717) is 0 Å². The molecule has 0 aromatic carbocycles. The fraction of sp³-hybridized carbons (Fsp3) is 0.962. The molecular formula is C26H53NO. The largest absolute Gasteiger partial charge is 0.356 e. The normalized spacial score (nSPS) is 11.1. The second-order valence-corrected chi connectivity index (χ2v) is 8.82. The maximum Gasteiger partial charge on any atom is 0.219 e. The Bertz CT molecular complexity index is 303. The third kappa shape index (κ3) is 23.5. The summed E-state index contributed by atoms with van der Waals surface area (Å²) in [6.45, 7) is 5.30. The standard InChI is InChI=1S/C26H53NO/c1-3-5-7-8-9-10-11-12-13-14-15-16-17-18-19-20-21-22-23-24-26(28)27-25-6-4-2/h3-25H2,1-2H3,(H,27,28). The van der Waals surface area contributed by atoms with Crippen LogP contribution in [0.4, 0.5) is 0 Å². The highest BCUT2D eigenvalue weighted by Gasteiger charge is 2.00. The Labute approximate surface area is 178 Å². The van der Waals surface area contributed by atoms with Crippen molar-refractivity contribution in [1.82, 2.24) is 5.32 Å². The Kier molecular flexibility index (Phi) is 24.0. The lowest BCUT2D eigenvalue weighted by molar-refractivity contribution is -0.121. The van der Waals surface area contributed by atoms with Crippen LogP contribution in [0.1, 0.15) is 155 Å². The molecule has 0 aromatic rings. The smallest absolute Gasteiger partial charge is 0.219 e. The molecule has 0 aliphatic heterocycles. The van der Waals surface area contributed by atoms with Crippen LogP contribution in [0.5, 0.6) is 0 Å². The molecule has 0 saturated heterocycles. The molecule has 1 amide bonds. The molecule has 2 nitrogen and oxygen atoms in total. The van der Waals surface area contributed by atoms with Crippen LogP contribution in [-0.4, -0.2) is 12.5 Å². The molecule has 0 heterocycles. The van der Waals surface area contributed by atoms with Crippen LogP contribution < -0.4 is 5.32 Å². The van der Waals surface area contributed by atoms with Crippen molar-refractivity contribution in [2.45, 2.75) is 155 Å². The summed E-state index contributed by atoms with van der Waals surface area (Å²) in [4.78, 5) is 11.6. The van der Waals surface area contributed by atoms with Crippen molar-refractivity contribution < 1.29 is 4.79 Å². The van der Waals surface area contributed by atoms with E-state index < -0.39 is 0 Å². The Balaban J connectivity index is 3.06. The van der Waals surface area contributed by atoms with Gasteiger partial charge in [0.15, 0.2) is 0 Å². The molecule has 168 valence electrons. The van der Waals surface area contributed by atoms with Gasteiger partial charge in [-0.1, -0.05) is 136 Å². The fourth-order valence-electron chi connectivity index (χ4n) is 3.86. The molecule has 0 aromatic heterocycles. The molecule has 0 bridgehead atoms. The molecule has 0 aliphatic rings. The van der Waals surface area contributed by atoms with Crippen molar-refractivity contribution >= 4 is 5.91 Å². The van der Waals surface area contributed by atoms with Crippen LogP contribution in [0.2, 0.25) is 0 Å². The van der Waals surface area contributed by atoms with Gasteiger partial charge >= 0.3 is 0 Å². The molecule has 1 N–H and O–H groups in total. The highest BCUT2D eigenvalue weighted by molar-refractivity contribution is 5.75. The van der Waals surface area contributed by atoms with Crippen molar-refractivity contribution in [3.8, 4) is 0 Å². The van der Waals surface area contributed by atoms with Gasteiger partial charge in [0.25, 0.3) is 0 Å². The summed E-state index contributed by atoms with van der Waals surface area (Å²) in [7, 11) is 0.